The van der Waals surface area contributed by atoms with Crippen molar-refractivity contribution in [1.82, 2.24) is 4.57 Å². The molecule has 0 atom stereocenters. The number of rotatable bonds is 7. The average Bonchev–Trinajstić information content (AvgIpc) is 2.93. The number of benzene rings is 1. The summed E-state index contributed by atoms with van der Waals surface area (Å²) in [5.41, 5.74) is 2.68. The summed E-state index contributed by atoms with van der Waals surface area (Å²) in [7, 11) is 2.98. The minimum Gasteiger partial charge on any atom is -0.495 e. The summed E-state index contributed by atoms with van der Waals surface area (Å²) in [4.78, 5) is 24.9. The standard InChI is InChI=1S/C20H24BrNO5/c1-11(2)22-12(3)7-15(13(22)4)16(23)10-27-20(24)14-8-17(25-5)19(21)18(9-14)26-6/h7-9,11H,10H2,1-6H3. The van der Waals surface area contributed by atoms with Gasteiger partial charge in [0.25, 0.3) is 0 Å². The number of nitrogens with zero attached hydrogens (tertiary/aromatic N) is 1. The van der Waals surface area contributed by atoms with E-state index in [2.05, 4.69) is 34.3 Å². The van der Waals surface area contributed by atoms with E-state index in [1.807, 2.05) is 19.9 Å². The number of carbonyl (C=O) groups excluding carboxylic acids is 2. The van der Waals surface area contributed by atoms with Gasteiger partial charge in [-0.15, -0.1) is 0 Å². The normalized spacial score (nSPS) is 10.8. The van der Waals surface area contributed by atoms with Crippen molar-refractivity contribution in [2.45, 2.75) is 33.7 Å². The number of hydrogen-bond donors (Lipinski definition) is 0. The van der Waals surface area contributed by atoms with Crippen molar-refractivity contribution in [3.05, 3.63) is 45.2 Å². The monoisotopic (exact) mass is 437 g/mol. The Morgan fingerprint density at radius 2 is 1.63 bits per heavy atom. The highest BCUT2D eigenvalue weighted by Crippen LogP contribution is 2.35. The maximum Gasteiger partial charge on any atom is 0.338 e. The summed E-state index contributed by atoms with van der Waals surface area (Å²) >= 11 is 3.35. The third kappa shape index (κ3) is 4.35. The second kappa shape index (κ2) is 8.61. The highest BCUT2D eigenvalue weighted by Gasteiger charge is 2.20. The quantitative estimate of drug-likeness (QED) is 0.470. The van der Waals surface area contributed by atoms with E-state index in [1.54, 1.807) is 0 Å². The van der Waals surface area contributed by atoms with Gasteiger partial charge in [-0.05, 0) is 61.8 Å². The molecule has 0 aliphatic rings. The first-order valence-electron chi connectivity index (χ1n) is 8.51. The first kappa shape index (κ1) is 21.0. The smallest absolute Gasteiger partial charge is 0.338 e. The van der Waals surface area contributed by atoms with Crippen molar-refractivity contribution >= 4 is 27.7 Å². The Hall–Kier alpha value is -2.28. The van der Waals surface area contributed by atoms with Crippen molar-refractivity contribution in [3.8, 4) is 11.5 Å². The number of carbonyl (C=O) groups is 2. The molecule has 0 saturated carbocycles. The molecule has 0 N–H and O–H groups in total. The van der Waals surface area contributed by atoms with Gasteiger partial charge in [-0.3, -0.25) is 4.79 Å². The maximum atomic E-state index is 12.5. The Balaban J connectivity index is 2.16. The topological polar surface area (TPSA) is 66.8 Å². The van der Waals surface area contributed by atoms with Crippen LogP contribution in [0.5, 0.6) is 11.5 Å². The molecule has 0 aliphatic carbocycles. The van der Waals surface area contributed by atoms with Gasteiger partial charge in [0.15, 0.2) is 6.61 Å². The van der Waals surface area contributed by atoms with Crippen LogP contribution < -0.4 is 9.47 Å². The van der Waals surface area contributed by atoms with Gasteiger partial charge in [0.1, 0.15) is 16.0 Å². The van der Waals surface area contributed by atoms with Crippen molar-refractivity contribution in [3.63, 3.8) is 0 Å². The highest BCUT2D eigenvalue weighted by molar-refractivity contribution is 9.10. The van der Waals surface area contributed by atoms with Gasteiger partial charge in [-0.2, -0.15) is 0 Å². The third-order valence-corrected chi connectivity index (χ3v) is 5.10. The Morgan fingerprint density at radius 3 is 2.07 bits per heavy atom. The van der Waals surface area contributed by atoms with E-state index in [4.69, 9.17) is 14.2 Å². The molecule has 6 nitrogen and oxygen atoms in total. The van der Waals surface area contributed by atoms with E-state index in [0.717, 1.165) is 11.4 Å². The second-order valence-electron chi connectivity index (χ2n) is 6.44. The molecule has 0 fully saturated rings. The molecule has 0 radical (unpaired) electrons. The number of hydrogen-bond acceptors (Lipinski definition) is 5. The molecule has 0 aliphatic heterocycles. The number of ether oxygens (including phenoxy) is 3. The van der Waals surface area contributed by atoms with Gasteiger partial charge in [0, 0.05) is 23.0 Å². The van der Waals surface area contributed by atoms with Crippen LogP contribution in [0.4, 0.5) is 0 Å². The van der Waals surface area contributed by atoms with E-state index in [0.29, 0.717) is 21.5 Å². The molecule has 1 aromatic carbocycles. The molecular formula is C20H24BrNO5. The molecule has 27 heavy (non-hydrogen) atoms. The Morgan fingerprint density at radius 1 is 1.07 bits per heavy atom. The van der Waals surface area contributed by atoms with Crippen LogP contribution >= 0.6 is 15.9 Å². The number of Topliss-reactive ketones (excluding diaryl/α,β-unsaturated/α-hetero) is 1. The van der Waals surface area contributed by atoms with Crippen LogP contribution in [0.15, 0.2) is 22.7 Å². The van der Waals surface area contributed by atoms with E-state index in [1.165, 1.54) is 26.4 Å². The lowest BCUT2D eigenvalue weighted by molar-refractivity contribution is 0.0474. The molecule has 0 bridgehead atoms. The van der Waals surface area contributed by atoms with Gasteiger partial charge >= 0.3 is 5.97 Å². The van der Waals surface area contributed by atoms with Gasteiger partial charge in [0.2, 0.25) is 5.78 Å². The highest BCUT2D eigenvalue weighted by atomic mass is 79.9. The summed E-state index contributed by atoms with van der Waals surface area (Å²) in [5.74, 6) is 0.0192. The molecule has 1 aromatic heterocycles. The molecule has 0 spiro atoms. The molecule has 0 unspecified atom stereocenters. The third-order valence-electron chi connectivity index (χ3n) is 4.32. The van der Waals surface area contributed by atoms with Gasteiger partial charge < -0.3 is 18.8 Å². The number of esters is 1. The fraction of sp³-hybridized carbons (Fsp3) is 0.400. The van der Waals surface area contributed by atoms with Gasteiger partial charge in [-0.1, -0.05) is 0 Å². The SMILES string of the molecule is COc1cc(C(=O)OCC(=O)c2cc(C)n(C(C)C)c2C)cc(OC)c1Br. The largest absolute Gasteiger partial charge is 0.495 e. The van der Waals surface area contributed by atoms with Crippen molar-refractivity contribution in [1.29, 1.82) is 0 Å². The summed E-state index contributed by atoms with van der Waals surface area (Å²) in [6.07, 6.45) is 0. The zero-order valence-electron chi connectivity index (χ0n) is 16.4. The summed E-state index contributed by atoms with van der Waals surface area (Å²) in [5, 5.41) is 0. The zero-order chi connectivity index (χ0) is 20.3. The first-order valence-corrected chi connectivity index (χ1v) is 9.30. The predicted molar refractivity (Wildman–Crippen MR) is 106 cm³/mol. The van der Waals surface area contributed by atoms with Crippen molar-refractivity contribution < 1.29 is 23.8 Å². The average molecular weight is 438 g/mol. The van der Waals surface area contributed by atoms with E-state index in [-0.39, 0.29) is 24.0 Å². The molecule has 0 saturated heterocycles. The minimum atomic E-state index is -0.620. The molecule has 2 aromatic rings. The Labute approximate surface area is 167 Å². The van der Waals surface area contributed by atoms with Gasteiger partial charge in [-0.25, -0.2) is 4.79 Å². The number of ketones is 1. The van der Waals surface area contributed by atoms with E-state index < -0.39 is 5.97 Å². The lowest BCUT2D eigenvalue weighted by Gasteiger charge is -2.13. The molecule has 2 rings (SSSR count). The van der Waals surface area contributed by atoms with E-state index in [9.17, 15) is 9.59 Å². The van der Waals surface area contributed by atoms with Crippen LogP contribution in [-0.4, -0.2) is 37.1 Å². The first-order chi connectivity index (χ1) is 12.7. The van der Waals surface area contributed by atoms with Crippen LogP contribution in [0.25, 0.3) is 0 Å². The fourth-order valence-electron chi connectivity index (χ4n) is 3.13. The zero-order valence-corrected chi connectivity index (χ0v) is 18.0. The molecule has 1 heterocycles. The minimum absolute atomic E-state index is 0.237. The summed E-state index contributed by atoms with van der Waals surface area (Å²) in [6, 6.07) is 5.14. The van der Waals surface area contributed by atoms with Crippen molar-refractivity contribution in [2.75, 3.05) is 20.8 Å². The lowest BCUT2D eigenvalue weighted by atomic mass is 10.1. The lowest BCUT2D eigenvalue weighted by Crippen LogP contribution is -2.15. The van der Waals surface area contributed by atoms with Crippen LogP contribution in [0.1, 0.15) is 52.0 Å². The Bertz CT molecular complexity index is 844. The summed E-state index contributed by atoms with van der Waals surface area (Å²) < 4.78 is 18.4. The van der Waals surface area contributed by atoms with E-state index >= 15 is 0 Å². The number of methoxy groups -OCH3 is 2. The molecule has 7 heteroatoms. The van der Waals surface area contributed by atoms with Gasteiger partial charge in [0.05, 0.1) is 19.8 Å². The molecule has 146 valence electrons. The molecule has 0 amide bonds. The number of aromatic nitrogens is 1. The maximum absolute atomic E-state index is 12.5. The predicted octanol–water partition coefficient (Wildman–Crippen LogP) is 4.51. The number of halogens is 1. The fourth-order valence-corrected chi connectivity index (χ4v) is 3.69. The second-order valence-corrected chi connectivity index (χ2v) is 7.24. The Kier molecular flexibility index (Phi) is 6.70. The summed E-state index contributed by atoms with van der Waals surface area (Å²) in [6.45, 7) is 7.63. The van der Waals surface area contributed by atoms with Crippen LogP contribution in [0.3, 0.4) is 0 Å². The van der Waals surface area contributed by atoms with Crippen LogP contribution in [-0.2, 0) is 4.74 Å². The van der Waals surface area contributed by atoms with Crippen molar-refractivity contribution in [2.24, 2.45) is 0 Å². The molecular weight excluding hydrogens is 414 g/mol. The van der Waals surface area contributed by atoms with Crippen LogP contribution in [0.2, 0.25) is 0 Å². The van der Waals surface area contributed by atoms with Crippen LogP contribution in [0, 0.1) is 13.8 Å². The number of aryl methyl sites for hydroxylation is 1.